The van der Waals surface area contributed by atoms with Gasteiger partial charge in [0.2, 0.25) is 10.0 Å². The van der Waals surface area contributed by atoms with Crippen molar-refractivity contribution in [2.24, 2.45) is 5.41 Å². The summed E-state index contributed by atoms with van der Waals surface area (Å²) in [6, 6.07) is -0.544. The Labute approximate surface area is 120 Å². The van der Waals surface area contributed by atoms with E-state index in [0.29, 0.717) is 12.8 Å². The van der Waals surface area contributed by atoms with Crippen LogP contribution in [0, 0.1) is 5.41 Å². The Hall–Kier alpha value is -0.660. The average molecular weight is 307 g/mol. The first-order chi connectivity index (χ1) is 9.17. The molecule has 118 valence electrons. The molecule has 2 N–H and O–H groups in total. The van der Waals surface area contributed by atoms with Crippen LogP contribution in [0.1, 0.15) is 46.5 Å². The van der Waals surface area contributed by atoms with Crippen molar-refractivity contribution in [3.05, 3.63) is 0 Å². The molecular formula is C13H25NO5S. The molecule has 0 amide bonds. The van der Waals surface area contributed by atoms with E-state index in [4.69, 9.17) is 4.74 Å². The molecule has 6 nitrogen and oxygen atoms in total. The third kappa shape index (κ3) is 4.71. The van der Waals surface area contributed by atoms with Crippen LogP contribution in [0.15, 0.2) is 0 Å². The summed E-state index contributed by atoms with van der Waals surface area (Å²) in [6.07, 6.45) is 2.70. The van der Waals surface area contributed by atoms with E-state index in [1.54, 1.807) is 6.92 Å². The van der Waals surface area contributed by atoms with Gasteiger partial charge in [-0.1, -0.05) is 12.8 Å². The van der Waals surface area contributed by atoms with Gasteiger partial charge in [0.15, 0.2) is 0 Å². The molecule has 0 spiro atoms. The number of hydrogen-bond acceptors (Lipinski definition) is 4. The Morgan fingerprint density at radius 3 is 2.65 bits per heavy atom. The summed E-state index contributed by atoms with van der Waals surface area (Å²) in [7, 11) is -3.52. The lowest BCUT2D eigenvalue weighted by Gasteiger charge is -2.38. The van der Waals surface area contributed by atoms with Gasteiger partial charge in [-0.25, -0.2) is 13.1 Å². The highest BCUT2D eigenvalue weighted by Gasteiger charge is 2.44. The molecule has 1 aliphatic rings. The summed E-state index contributed by atoms with van der Waals surface area (Å²) in [4.78, 5) is 11.4. The van der Waals surface area contributed by atoms with Gasteiger partial charge in [0.05, 0.1) is 23.9 Å². The van der Waals surface area contributed by atoms with Crippen LogP contribution in [0.3, 0.4) is 0 Å². The van der Waals surface area contributed by atoms with Crippen LogP contribution >= 0.6 is 0 Å². The molecule has 0 heterocycles. The molecular weight excluding hydrogens is 282 g/mol. The molecule has 0 radical (unpaired) electrons. The summed E-state index contributed by atoms with van der Waals surface area (Å²) >= 11 is 0. The maximum Gasteiger partial charge on any atom is 0.310 e. The van der Waals surface area contributed by atoms with Crippen LogP contribution in [-0.2, 0) is 19.6 Å². The van der Waals surface area contributed by atoms with E-state index in [1.807, 2.05) is 13.8 Å². The van der Waals surface area contributed by atoms with E-state index in [9.17, 15) is 18.3 Å². The van der Waals surface area contributed by atoms with Crippen molar-refractivity contribution in [2.45, 2.75) is 58.6 Å². The molecule has 20 heavy (non-hydrogen) atoms. The lowest BCUT2D eigenvalue weighted by molar-refractivity contribution is -0.151. The number of aliphatic carboxylic acids is 1. The molecule has 0 saturated heterocycles. The summed E-state index contributed by atoms with van der Waals surface area (Å²) < 4.78 is 31.8. The molecule has 0 aromatic heterocycles. The van der Waals surface area contributed by atoms with Crippen LogP contribution < -0.4 is 4.72 Å². The first kappa shape index (κ1) is 17.4. The predicted molar refractivity (Wildman–Crippen MR) is 76.0 cm³/mol. The van der Waals surface area contributed by atoms with Gasteiger partial charge < -0.3 is 9.84 Å². The van der Waals surface area contributed by atoms with Gasteiger partial charge >= 0.3 is 5.97 Å². The minimum Gasteiger partial charge on any atom is -0.481 e. The van der Waals surface area contributed by atoms with E-state index in [0.717, 1.165) is 12.8 Å². The first-order valence-electron chi connectivity index (χ1n) is 7.02. The van der Waals surface area contributed by atoms with Crippen molar-refractivity contribution in [3.8, 4) is 0 Å². The van der Waals surface area contributed by atoms with Gasteiger partial charge in [0, 0.05) is 6.04 Å². The monoisotopic (exact) mass is 307 g/mol. The Bertz CT molecular complexity index is 434. The summed E-state index contributed by atoms with van der Waals surface area (Å²) in [6.45, 7) is 5.40. The molecule has 0 aliphatic heterocycles. The zero-order chi connectivity index (χ0) is 15.4. The minimum absolute atomic E-state index is 0.0239. The van der Waals surface area contributed by atoms with Crippen LogP contribution in [0.2, 0.25) is 0 Å². The van der Waals surface area contributed by atoms with Gasteiger partial charge in [0.1, 0.15) is 0 Å². The highest BCUT2D eigenvalue weighted by Crippen LogP contribution is 2.36. The second-order valence-electron chi connectivity index (χ2n) is 5.88. The standard InChI is InChI=1S/C13H25NO5S/c1-10(2)19-8-9-20(17,18)14-11-6-4-5-7-13(11,3)12(15)16/h10-11,14H,4-9H2,1-3H3,(H,15,16). The van der Waals surface area contributed by atoms with Gasteiger partial charge in [0.25, 0.3) is 0 Å². The maximum atomic E-state index is 12.0. The molecule has 1 saturated carbocycles. The molecule has 1 rings (SSSR count). The molecule has 1 aliphatic carbocycles. The second-order valence-corrected chi connectivity index (χ2v) is 7.75. The van der Waals surface area contributed by atoms with Crippen molar-refractivity contribution < 1.29 is 23.1 Å². The van der Waals surface area contributed by atoms with Crippen molar-refractivity contribution in [1.82, 2.24) is 4.72 Å². The zero-order valence-electron chi connectivity index (χ0n) is 12.4. The van der Waals surface area contributed by atoms with E-state index >= 15 is 0 Å². The van der Waals surface area contributed by atoms with E-state index in [1.165, 1.54) is 0 Å². The molecule has 2 unspecified atom stereocenters. The number of sulfonamides is 1. The number of nitrogens with one attached hydrogen (secondary N) is 1. The van der Waals surface area contributed by atoms with Crippen molar-refractivity contribution in [1.29, 1.82) is 0 Å². The summed E-state index contributed by atoms with van der Waals surface area (Å²) in [5, 5.41) is 9.35. The molecule has 2 atom stereocenters. The Kier molecular flexibility index (Phi) is 5.97. The van der Waals surface area contributed by atoms with Gasteiger partial charge in [-0.15, -0.1) is 0 Å². The van der Waals surface area contributed by atoms with E-state index < -0.39 is 27.4 Å². The quantitative estimate of drug-likeness (QED) is 0.741. The summed E-state index contributed by atoms with van der Waals surface area (Å²) in [5.41, 5.74) is -1.02. The Morgan fingerprint density at radius 1 is 1.45 bits per heavy atom. The van der Waals surface area contributed by atoms with Crippen LogP contribution in [0.5, 0.6) is 0 Å². The number of carbonyl (C=O) groups is 1. The zero-order valence-corrected chi connectivity index (χ0v) is 13.2. The lowest BCUT2D eigenvalue weighted by Crippen LogP contribution is -2.52. The van der Waals surface area contributed by atoms with Gasteiger partial charge in [-0.3, -0.25) is 4.79 Å². The van der Waals surface area contributed by atoms with Crippen molar-refractivity contribution in [2.75, 3.05) is 12.4 Å². The maximum absolute atomic E-state index is 12.0. The van der Waals surface area contributed by atoms with Gasteiger partial charge in [-0.05, 0) is 33.6 Å². The Balaban J connectivity index is 2.66. The van der Waals surface area contributed by atoms with Crippen LogP contribution in [0.4, 0.5) is 0 Å². The van der Waals surface area contributed by atoms with E-state index in [2.05, 4.69) is 4.72 Å². The highest BCUT2D eigenvalue weighted by atomic mass is 32.2. The topological polar surface area (TPSA) is 92.7 Å². The minimum atomic E-state index is -3.52. The molecule has 0 bridgehead atoms. The third-order valence-corrected chi connectivity index (χ3v) is 5.17. The molecule has 7 heteroatoms. The Morgan fingerprint density at radius 2 is 2.10 bits per heavy atom. The lowest BCUT2D eigenvalue weighted by atomic mass is 9.72. The van der Waals surface area contributed by atoms with E-state index in [-0.39, 0.29) is 18.5 Å². The predicted octanol–water partition coefficient (Wildman–Crippen LogP) is 1.36. The van der Waals surface area contributed by atoms with Gasteiger partial charge in [-0.2, -0.15) is 0 Å². The number of ether oxygens (including phenoxy) is 1. The molecule has 0 aromatic carbocycles. The normalized spacial score (nSPS) is 27.7. The average Bonchev–Trinajstić information content (AvgIpc) is 2.31. The van der Waals surface area contributed by atoms with Crippen molar-refractivity contribution >= 4 is 16.0 Å². The number of hydrogen-bond donors (Lipinski definition) is 2. The number of carboxylic acid groups (broad SMARTS) is 1. The fourth-order valence-electron chi connectivity index (χ4n) is 2.45. The van der Waals surface area contributed by atoms with Crippen LogP contribution in [0.25, 0.3) is 0 Å². The highest BCUT2D eigenvalue weighted by molar-refractivity contribution is 7.89. The SMILES string of the molecule is CC(C)OCCS(=O)(=O)NC1CCCCC1(C)C(=O)O. The second kappa shape index (κ2) is 6.87. The first-order valence-corrected chi connectivity index (χ1v) is 8.67. The largest absolute Gasteiger partial charge is 0.481 e. The molecule has 1 fully saturated rings. The van der Waals surface area contributed by atoms with Crippen molar-refractivity contribution in [3.63, 3.8) is 0 Å². The number of carboxylic acids is 1. The fraction of sp³-hybridized carbons (Fsp3) is 0.923. The smallest absolute Gasteiger partial charge is 0.310 e. The third-order valence-electron chi connectivity index (χ3n) is 3.82. The molecule has 0 aromatic rings. The number of rotatable bonds is 7. The fourth-order valence-corrected chi connectivity index (χ4v) is 3.69. The summed E-state index contributed by atoms with van der Waals surface area (Å²) in [5.74, 6) is -1.08. The van der Waals surface area contributed by atoms with Crippen LogP contribution in [-0.4, -0.2) is 44.0 Å².